The molecule has 0 aromatic carbocycles. The van der Waals surface area contributed by atoms with Crippen molar-refractivity contribution in [3.63, 3.8) is 0 Å². The van der Waals surface area contributed by atoms with E-state index in [1.807, 2.05) is 4.90 Å². The van der Waals surface area contributed by atoms with Crippen molar-refractivity contribution >= 4 is 5.91 Å². The molecule has 19 heavy (non-hydrogen) atoms. The third-order valence-corrected chi connectivity index (χ3v) is 4.41. The van der Waals surface area contributed by atoms with Gasteiger partial charge in [0.05, 0.1) is 6.04 Å². The number of piperidine rings is 1. The Kier molecular flexibility index (Phi) is 5.22. The summed E-state index contributed by atoms with van der Waals surface area (Å²) in [6.07, 6.45) is 5.79. The van der Waals surface area contributed by atoms with E-state index in [0.29, 0.717) is 12.0 Å². The zero-order valence-corrected chi connectivity index (χ0v) is 12.5. The summed E-state index contributed by atoms with van der Waals surface area (Å²) in [4.78, 5) is 17.0. The maximum absolute atomic E-state index is 12.4. The van der Waals surface area contributed by atoms with E-state index in [-0.39, 0.29) is 11.9 Å². The highest BCUT2D eigenvalue weighted by molar-refractivity contribution is 5.81. The minimum Gasteiger partial charge on any atom is -0.340 e. The third kappa shape index (κ3) is 3.93. The van der Waals surface area contributed by atoms with Gasteiger partial charge in [-0.3, -0.25) is 9.69 Å². The van der Waals surface area contributed by atoms with E-state index < -0.39 is 0 Å². The smallest absolute Gasteiger partial charge is 0.239 e. The fourth-order valence-corrected chi connectivity index (χ4v) is 3.40. The standard InChI is InChI=1S/C15H29N3O/c1-12(2)10-14(16)15(19)18-9-5-6-13(11-18)17-7-3-4-8-17/h12-14H,3-11,16H2,1-2H3. The molecule has 0 aromatic heterocycles. The van der Waals surface area contributed by atoms with Gasteiger partial charge in [0.15, 0.2) is 0 Å². The fourth-order valence-electron chi connectivity index (χ4n) is 3.40. The SMILES string of the molecule is CC(C)CC(N)C(=O)N1CCCC(N2CCCC2)C1. The summed E-state index contributed by atoms with van der Waals surface area (Å²) in [5, 5.41) is 0. The van der Waals surface area contributed by atoms with Gasteiger partial charge in [-0.05, 0) is 51.1 Å². The minimum atomic E-state index is -0.308. The lowest BCUT2D eigenvalue weighted by atomic mass is 10.00. The molecule has 4 nitrogen and oxygen atoms in total. The molecule has 2 atom stereocenters. The number of carbonyl (C=O) groups is 1. The molecule has 2 saturated heterocycles. The molecule has 2 rings (SSSR count). The Morgan fingerprint density at radius 2 is 1.89 bits per heavy atom. The van der Waals surface area contributed by atoms with Crippen LogP contribution in [0.2, 0.25) is 0 Å². The first-order valence-electron chi connectivity index (χ1n) is 7.86. The van der Waals surface area contributed by atoms with Crippen molar-refractivity contribution in [2.75, 3.05) is 26.2 Å². The molecule has 0 spiro atoms. The number of hydrogen-bond acceptors (Lipinski definition) is 3. The van der Waals surface area contributed by atoms with Crippen LogP contribution in [-0.4, -0.2) is 54.0 Å². The molecular formula is C15H29N3O. The maximum Gasteiger partial charge on any atom is 0.239 e. The molecule has 0 radical (unpaired) electrons. The molecule has 2 heterocycles. The lowest BCUT2D eigenvalue weighted by Gasteiger charge is -2.38. The Balaban J connectivity index is 1.87. The van der Waals surface area contributed by atoms with Crippen molar-refractivity contribution < 1.29 is 4.79 Å². The molecule has 2 N–H and O–H groups in total. The Hall–Kier alpha value is -0.610. The first kappa shape index (κ1) is 14.8. The van der Waals surface area contributed by atoms with Gasteiger partial charge in [0.1, 0.15) is 0 Å². The summed E-state index contributed by atoms with van der Waals surface area (Å²) in [5.74, 6) is 0.649. The molecule has 2 fully saturated rings. The second kappa shape index (κ2) is 6.71. The van der Waals surface area contributed by atoms with Crippen molar-refractivity contribution in [3.05, 3.63) is 0 Å². The number of nitrogens with two attached hydrogens (primary N) is 1. The van der Waals surface area contributed by atoms with Crippen LogP contribution < -0.4 is 5.73 Å². The second-order valence-corrected chi connectivity index (χ2v) is 6.56. The molecule has 0 aromatic rings. The normalized spacial score (nSPS) is 26.9. The average Bonchev–Trinajstić information content (AvgIpc) is 2.91. The molecule has 2 aliphatic heterocycles. The Bertz CT molecular complexity index is 300. The molecule has 0 saturated carbocycles. The summed E-state index contributed by atoms with van der Waals surface area (Å²) in [7, 11) is 0. The Morgan fingerprint density at radius 1 is 1.21 bits per heavy atom. The van der Waals surface area contributed by atoms with Gasteiger partial charge in [0.25, 0.3) is 0 Å². The van der Waals surface area contributed by atoms with E-state index in [2.05, 4.69) is 18.7 Å². The Morgan fingerprint density at radius 3 is 2.53 bits per heavy atom. The molecule has 0 aliphatic carbocycles. The van der Waals surface area contributed by atoms with Crippen LogP contribution in [0.4, 0.5) is 0 Å². The van der Waals surface area contributed by atoms with E-state index in [4.69, 9.17) is 5.73 Å². The number of hydrogen-bond donors (Lipinski definition) is 1. The van der Waals surface area contributed by atoms with Crippen LogP contribution in [0.5, 0.6) is 0 Å². The van der Waals surface area contributed by atoms with Crippen molar-refractivity contribution in [1.29, 1.82) is 0 Å². The lowest BCUT2D eigenvalue weighted by Crippen LogP contribution is -2.53. The summed E-state index contributed by atoms with van der Waals surface area (Å²) in [6.45, 7) is 8.46. The van der Waals surface area contributed by atoms with Crippen molar-refractivity contribution in [2.45, 2.75) is 58.0 Å². The van der Waals surface area contributed by atoms with Crippen molar-refractivity contribution in [1.82, 2.24) is 9.80 Å². The summed E-state index contributed by atoms with van der Waals surface area (Å²) < 4.78 is 0. The zero-order valence-electron chi connectivity index (χ0n) is 12.5. The van der Waals surface area contributed by atoms with Gasteiger partial charge in [-0.25, -0.2) is 0 Å². The van der Waals surface area contributed by atoms with Crippen LogP contribution in [-0.2, 0) is 4.79 Å². The Labute approximate surface area is 117 Å². The van der Waals surface area contributed by atoms with Crippen LogP contribution in [0.3, 0.4) is 0 Å². The van der Waals surface area contributed by atoms with Gasteiger partial charge in [-0.2, -0.15) is 0 Å². The number of rotatable bonds is 4. The topological polar surface area (TPSA) is 49.6 Å². The predicted octanol–water partition coefficient (Wildman–Crippen LogP) is 1.45. The van der Waals surface area contributed by atoms with E-state index >= 15 is 0 Å². The van der Waals surface area contributed by atoms with Gasteiger partial charge < -0.3 is 10.6 Å². The molecule has 2 aliphatic rings. The molecule has 0 bridgehead atoms. The molecule has 110 valence electrons. The van der Waals surface area contributed by atoms with Crippen LogP contribution in [0.1, 0.15) is 46.0 Å². The first-order chi connectivity index (χ1) is 9.08. The van der Waals surface area contributed by atoms with Crippen LogP contribution in [0.25, 0.3) is 0 Å². The summed E-state index contributed by atoms with van der Waals surface area (Å²) >= 11 is 0. The van der Waals surface area contributed by atoms with Crippen LogP contribution in [0.15, 0.2) is 0 Å². The monoisotopic (exact) mass is 267 g/mol. The lowest BCUT2D eigenvalue weighted by molar-refractivity contribution is -0.135. The maximum atomic E-state index is 12.4. The molecule has 4 heteroatoms. The highest BCUT2D eigenvalue weighted by atomic mass is 16.2. The number of likely N-dealkylation sites (tertiary alicyclic amines) is 2. The van der Waals surface area contributed by atoms with E-state index in [1.165, 1.54) is 32.4 Å². The minimum absolute atomic E-state index is 0.164. The van der Waals surface area contributed by atoms with Crippen LogP contribution in [0, 0.1) is 5.92 Å². The molecule has 2 unspecified atom stereocenters. The first-order valence-corrected chi connectivity index (χ1v) is 7.86. The van der Waals surface area contributed by atoms with E-state index in [1.54, 1.807) is 0 Å². The van der Waals surface area contributed by atoms with E-state index in [0.717, 1.165) is 25.9 Å². The highest BCUT2D eigenvalue weighted by Crippen LogP contribution is 2.21. The summed E-state index contributed by atoms with van der Waals surface area (Å²) in [5.41, 5.74) is 6.04. The number of amides is 1. The summed E-state index contributed by atoms with van der Waals surface area (Å²) in [6, 6.07) is 0.267. The predicted molar refractivity (Wildman–Crippen MR) is 77.8 cm³/mol. The van der Waals surface area contributed by atoms with Gasteiger partial charge in [-0.1, -0.05) is 13.8 Å². The number of nitrogens with zero attached hydrogens (tertiary/aromatic N) is 2. The third-order valence-electron chi connectivity index (χ3n) is 4.41. The van der Waals surface area contributed by atoms with Gasteiger partial charge in [0.2, 0.25) is 5.91 Å². The van der Waals surface area contributed by atoms with Crippen molar-refractivity contribution in [3.8, 4) is 0 Å². The average molecular weight is 267 g/mol. The van der Waals surface area contributed by atoms with Crippen molar-refractivity contribution in [2.24, 2.45) is 11.7 Å². The molecule has 1 amide bonds. The van der Waals surface area contributed by atoms with Gasteiger partial charge in [-0.15, -0.1) is 0 Å². The van der Waals surface area contributed by atoms with Gasteiger partial charge >= 0.3 is 0 Å². The largest absolute Gasteiger partial charge is 0.340 e. The number of carbonyl (C=O) groups excluding carboxylic acids is 1. The van der Waals surface area contributed by atoms with Gasteiger partial charge in [0, 0.05) is 19.1 Å². The molecular weight excluding hydrogens is 238 g/mol. The second-order valence-electron chi connectivity index (χ2n) is 6.56. The highest BCUT2D eigenvalue weighted by Gasteiger charge is 2.31. The van der Waals surface area contributed by atoms with Crippen LogP contribution >= 0.6 is 0 Å². The zero-order chi connectivity index (χ0) is 13.8. The quantitative estimate of drug-likeness (QED) is 0.838. The van der Waals surface area contributed by atoms with E-state index in [9.17, 15) is 4.79 Å². The fraction of sp³-hybridized carbons (Fsp3) is 0.933.